The van der Waals surface area contributed by atoms with Crippen molar-refractivity contribution in [2.75, 3.05) is 7.11 Å². The Morgan fingerprint density at radius 1 is 1.20 bits per heavy atom. The van der Waals surface area contributed by atoms with Gasteiger partial charge < -0.3 is 9.47 Å². The molecule has 1 saturated carbocycles. The maximum absolute atomic E-state index is 13.9. The zero-order valence-electron chi connectivity index (χ0n) is 13.8. The topological polar surface area (TPSA) is 35.5 Å². The predicted octanol–water partition coefficient (Wildman–Crippen LogP) is 3.70. The number of carbonyl (C=O) groups is 1. The Morgan fingerprint density at radius 2 is 1.76 bits per heavy atom. The van der Waals surface area contributed by atoms with Gasteiger partial charge in [-0.25, -0.2) is 17.6 Å². The molecule has 1 aromatic rings. The van der Waals surface area contributed by atoms with Gasteiger partial charge in [0.2, 0.25) is 0 Å². The molecular weight excluding hydrogens is 340 g/mol. The highest BCUT2D eigenvalue weighted by atomic mass is 19.2. The Hall–Kier alpha value is -2.49. The Balaban J connectivity index is 2.17. The first-order valence-electron chi connectivity index (χ1n) is 7.36. The van der Waals surface area contributed by atoms with Gasteiger partial charge in [0, 0.05) is 0 Å². The second-order valence-corrected chi connectivity index (χ2v) is 6.25. The van der Waals surface area contributed by atoms with Gasteiger partial charge in [0.05, 0.1) is 24.9 Å². The maximum atomic E-state index is 13.9. The van der Waals surface area contributed by atoms with Gasteiger partial charge in [-0.1, -0.05) is 19.8 Å². The molecule has 0 heterocycles. The number of allylic oxidation sites excluding steroid dienone is 1. The van der Waals surface area contributed by atoms with Crippen LogP contribution in [0.5, 0.6) is 0 Å². The monoisotopic (exact) mass is 356 g/mol. The van der Waals surface area contributed by atoms with Crippen molar-refractivity contribution in [2.45, 2.75) is 20.5 Å². The molecule has 0 bridgehead atoms. The molecule has 1 aromatic carbocycles. The highest BCUT2D eigenvalue weighted by molar-refractivity contribution is 5.78. The van der Waals surface area contributed by atoms with Crippen LogP contribution in [0.2, 0.25) is 0 Å². The van der Waals surface area contributed by atoms with Gasteiger partial charge in [0.25, 0.3) is 0 Å². The summed E-state index contributed by atoms with van der Waals surface area (Å²) in [5.41, 5.74) is -2.59. The van der Waals surface area contributed by atoms with E-state index in [0.29, 0.717) is 0 Å². The third kappa shape index (κ3) is 3.21. The van der Waals surface area contributed by atoms with Gasteiger partial charge in [-0.2, -0.15) is 0 Å². The molecule has 3 nitrogen and oxygen atoms in total. The van der Waals surface area contributed by atoms with E-state index in [0.717, 1.165) is 0 Å². The molecular formula is C18H16F4O3. The second kappa shape index (κ2) is 6.79. The molecule has 134 valence electrons. The fourth-order valence-electron chi connectivity index (χ4n) is 2.81. The van der Waals surface area contributed by atoms with Crippen LogP contribution in [0.15, 0.2) is 12.3 Å². The lowest BCUT2D eigenvalue weighted by Crippen LogP contribution is -2.14. The van der Waals surface area contributed by atoms with Crippen molar-refractivity contribution >= 4 is 5.97 Å². The van der Waals surface area contributed by atoms with Gasteiger partial charge >= 0.3 is 5.97 Å². The van der Waals surface area contributed by atoms with Crippen molar-refractivity contribution in [3.63, 3.8) is 0 Å². The third-order valence-corrected chi connectivity index (χ3v) is 4.44. The van der Waals surface area contributed by atoms with Crippen molar-refractivity contribution < 1.29 is 31.8 Å². The Kier molecular flexibility index (Phi) is 5.12. The van der Waals surface area contributed by atoms with Crippen LogP contribution >= 0.6 is 0 Å². The fourth-order valence-corrected chi connectivity index (χ4v) is 2.81. The van der Waals surface area contributed by atoms with E-state index in [4.69, 9.17) is 15.9 Å². The van der Waals surface area contributed by atoms with Gasteiger partial charge in [0.1, 0.15) is 12.2 Å². The van der Waals surface area contributed by atoms with Crippen LogP contribution in [0.1, 0.15) is 25.0 Å². The molecule has 0 saturated heterocycles. The molecule has 0 amide bonds. The first-order chi connectivity index (χ1) is 11.7. The molecule has 0 aliphatic heterocycles. The minimum absolute atomic E-state index is 0.174. The quantitative estimate of drug-likeness (QED) is 0.265. The van der Waals surface area contributed by atoms with Crippen LogP contribution in [-0.2, 0) is 20.9 Å². The van der Waals surface area contributed by atoms with Gasteiger partial charge in [-0.3, -0.25) is 4.79 Å². The highest BCUT2D eigenvalue weighted by Gasteiger charge is 2.61. The first-order valence-corrected chi connectivity index (χ1v) is 7.36. The minimum Gasteiger partial charge on any atom is -0.505 e. The number of hydrogen-bond acceptors (Lipinski definition) is 3. The molecule has 25 heavy (non-hydrogen) atoms. The molecule has 7 heteroatoms. The SMILES string of the molecule is C#Cc1c(F)c(F)c(COC(=O)[C@@H]2[C@@H](C=COC)C2(C)C)c(F)c1F. The van der Waals surface area contributed by atoms with Crippen molar-refractivity contribution in [1.29, 1.82) is 0 Å². The van der Waals surface area contributed by atoms with Crippen molar-refractivity contribution in [3.8, 4) is 12.3 Å². The largest absolute Gasteiger partial charge is 0.505 e. The lowest BCUT2D eigenvalue weighted by Gasteiger charge is -2.10. The molecule has 0 N–H and O–H groups in total. The van der Waals surface area contributed by atoms with E-state index in [1.807, 2.05) is 13.8 Å². The molecule has 2 atom stereocenters. The Labute approximate surface area is 142 Å². The van der Waals surface area contributed by atoms with Gasteiger partial charge in [-0.15, -0.1) is 6.42 Å². The molecule has 0 aromatic heterocycles. The number of benzene rings is 1. The number of esters is 1. The van der Waals surface area contributed by atoms with Crippen molar-refractivity contribution in [2.24, 2.45) is 17.3 Å². The van der Waals surface area contributed by atoms with Crippen LogP contribution in [0, 0.1) is 52.9 Å². The van der Waals surface area contributed by atoms with Crippen molar-refractivity contribution in [1.82, 2.24) is 0 Å². The molecule has 1 aliphatic carbocycles. The number of methoxy groups -OCH3 is 1. The standard InChI is InChI=1S/C18H16F4O3/c1-5-9-13(19)15(21)10(16(22)14(9)20)8-25-17(23)12-11(6-7-24-4)18(12,2)3/h1,6-7,11-12H,8H2,2-4H3/t11-,12+/m1/s1. The number of rotatable bonds is 5. The number of halogens is 4. The summed E-state index contributed by atoms with van der Waals surface area (Å²) in [5, 5.41) is 0. The molecule has 1 aliphatic rings. The van der Waals surface area contributed by atoms with Gasteiger partial charge in [0.15, 0.2) is 23.3 Å². The van der Waals surface area contributed by atoms with Crippen LogP contribution in [0.4, 0.5) is 17.6 Å². The highest BCUT2D eigenvalue weighted by Crippen LogP contribution is 2.59. The second-order valence-electron chi connectivity index (χ2n) is 6.25. The van der Waals surface area contributed by atoms with E-state index >= 15 is 0 Å². The third-order valence-electron chi connectivity index (χ3n) is 4.44. The summed E-state index contributed by atoms with van der Waals surface area (Å²) >= 11 is 0. The minimum atomic E-state index is -1.69. The Morgan fingerprint density at radius 3 is 2.24 bits per heavy atom. The molecule has 0 radical (unpaired) electrons. The lowest BCUT2D eigenvalue weighted by atomic mass is 10.1. The van der Waals surface area contributed by atoms with Crippen LogP contribution in [-0.4, -0.2) is 13.1 Å². The summed E-state index contributed by atoms with van der Waals surface area (Å²) in [5.74, 6) is -6.65. The summed E-state index contributed by atoms with van der Waals surface area (Å²) in [6, 6.07) is 0. The summed E-state index contributed by atoms with van der Waals surface area (Å²) < 4.78 is 64.6. The summed E-state index contributed by atoms with van der Waals surface area (Å²) in [7, 11) is 1.45. The Bertz CT molecular complexity index is 749. The normalized spacial score (nSPS) is 21.0. The van der Waals surface area contributed by atoms with Crippen LogP contribution in [0.3, 0.4) is 0 Å². The van der Waals surface area contributed by atoms with E-state index < -0.39 is 58.3 Å². The van der Waals surface area contributed by atoms with Crippen molar-refractivity contribution in [3.05, 3.63) is 46.7 Å². The number of ether oxygens (including phenoxy) is 2. The number of terminal acetylenes is 1. The molecule has 1 fully saturated rings. The zero-order chi connectivity index (χ0) is 18.9. The van der Waals surface area contributed by atoms with E-state index in [-0.39, 0.29) is 5.92 Å². The molecule has 0 unspecified atom stereocenters. The number of carbonyl (C=O) groups excluding carboxylic acids is 1. The first kappa shape index (κ1) is 18.8. The summed E-state index contributed by atoms with van der Waals surface area (Å²) in [4.78, 5) is 12.1. The smallest absolute Gasteiger partial charge is 0.310 e. The zero-order valence-corrected chi connectivity index (χ0v) is 13.8. The van der Waals surface area contributed by atoms with E-state index in [1.54, 1.807) is 12.0 Å². The molecule has 2 rings (SSSR count). The van der Waals surface area contributed by atoms with E-state index in [1.165, 1.54) is 13.4 Å². The average molecular weight is 356 g/mol. The predicted molar refractivity (Wildman–Crippen MR) is 80.9 cm³/mol. The summed E-state index contributed by atoms with van der Waals surface area (Å²) in [6.07, 6.45) is 7.92. The van der Waals surface area contributed by atoms with Crippen LogP contribution in [0.25, 0.3) is 0 Å². The van der Waals surface area contributed by atoms with E-state index in [2.05, 4.69) is 0 Å². The van der Waals surface area contributed by atoms with E-state index in [9.17, 15) is 22.4 Å². The fraction of sp³-hybridized carbons (Fsp3) is 0.389. The van der Waals surface area contributed by atoms with Crippen LogP contribution < -0.4 is 0 Å². The average Bonchev–Trinajstić information content (AvgIpc) is 3.12. The molecule has 0 spiro atoms. The summed E-state index contributed by atoms with van der Waals surface area (Å²) in [6.45, 7) is 2.68. The van der Waals surface area contributed by atoms with Gasteiger partial charge in [-0.05, 0) is 17.4 Å². The number of hydrogen-bond donors (Lipinski definition) is 0. The maximum Gasteiger partial charge on any atom is 0.310 e. The lowest BCUT2D eigenvalue weighted by molar-refractivity contribution is -0.147.